The molecule has 0 amide bonds. The molecule has 0 radical (unpaired) electrons. The van der Waals surface area contributed by atoms with E-state index < -0.39 is 0 Å². The molecule has 3 aromatic rings. The van der Waals surface area contributed by atoms with Gasteiger partial charge < -0.3 is 9.84 Å². The number of benzene rings is 1. The van der Waals surface area contributed by atoms with Crippen molar-refractivity contribution in [2.45, 2.75) is 38.2 Å². The van der Waals surface area contributed by atoms with Gasteiger partial charge in [0.2, 0.25) is 5.88 Å². The van der Waals surface area contributed by atoms with Crippen molar-refractivity contribution in [3.63, 3.8) is 0 Å². The normalized spacial score (nSPS) is 24.1. The molecule has 0 spiro atoms. The Hall–Kier alpha value is -2.89. The van der Waals surface area contributed by atoms with E-state index in [-0.39, 0.29) is 11.9 Å². The van der Waals surface area contributed by atoms with Crippen molar-refractivity contribution >= 4 is 0 Å². The summed E-state index contributed by atoms with van der Waals surface area (Å²) in [5.74, 6) is 2.37. The number of hydrogen-bond acceptors (Lipinski definition) is 5. The van der Waals surface area contributed by atoms with E-state index in [0.717, 1.165) is 30.4 Å². The van der Waals surface area contributed by atoms with Gasteiger partial charge in [-0.1, -0.05) is 12.8 Å². The Morgan fingerprint density at radius 3 is 2.52 bits per heavy atom. The third-order valence-corrected chi connectivity index (χ3v) is 5.80. The van der Waals surface area contributed by atoms with Crippen molar-refractivity contribution in [2.75, 3.05) is 0 Å². The highest BCUT2D eigenvalue weighted by Crippen LogP contribution is 2.43. The summed E-state index contributed by atoms with van der Waals surface area (Å²) in [6.07, 6.45) is 10.1. The smallest absolute Gasteiger partial charge is 0.233 e. The summed E-state index contributed by atoms with van der Waals surface area (Å²) in [6.45, 7) is 0. The van der Waals surface area contributed by atoms with Gasteiger partial charge in [-0.25, -0.2) is 4.68 Å². The molecule has 2 aliphatic rings. The van der Waals surface area contributed by atoms with Gasteiger partial charge in [0.1, 0.15) is 11.9 Å². The Bertz CT molecular complexity index is 912. The minimum Gasteiger partial charge on any atom is -0.507 e. The maximum absolute atomic E-state index is 10.4. The molecule has 2 aromatic heterocycles. The first kappa shape index (κ1) is 16.3. The predicted octanol–water partition coefficient (Wildman–Crippen LogP) is 3.99. The average Bonchev–Trinajstić information content (AvgIpc) is 3.32. The molecule has 27 heavy (non-hydrogen) atoms. The second-order valence-electron chi connectivity index (χ2n) is 7.67. The Balaban J connectivity index is 1.31. The van der Waals surface area contributed by atoms with E-state index in [1.807, 2.05) is 36.5 Å². The third-order valence-electron chi connectivity index (χ3n) is 5.80. The number of ether oxygens (including phenoxy) is 1. The van der Waals surface area contributed by atoms with Crippen LogP contribution in [0.1, 0.15) is 32.1 Å². The van der Waals surface area contributed by atoms with Crippen LogP contribution in [0.3, 0.4) is 0 Å². The van der Waals surface area contributed by atoms with Crippen molar-refractivity contribution in [3.05, 3.63) is 48.8 Å². The van der Waals surface area contributed by atoms with E-state index >= 15 is 0 Å². The lowest BCUT2D eigenvalue weighted by molar-refractivity contribution is 0.113. The summed E-state index contributed by atoms with van der Waals surface area (Å²) in [5, 5.41) is 23.1. The molecule has 6 heteroatoms. The Morgan fingerprint density at radius 2 is 1.85 bits per heavy atom. The Kier molecular flexibility index (Phi) is 4.03. The first-order valence-electron chi connectivity index (χ1n) is 9.58. The third kappa shape index (κ3) is 3.27. The number of phenols is 1. The van der Waals surface area contributed by atoms with Gasteiger partial charge in [0.25, 0.3) is 0 Å². The van der Waals surface area contributed by atoms with Crippen LogP contribution in [0.5, 0.6) is 11.6 Å². The van der Waals surface area contributed by atoms with E-state index in [4.69, 9.17) is 4.74 Å². The molecule has 5 rings (SSSR count). The summed E-state index contributed by atoms with van der Waals surface area (Å²) >= 11 is 0. The number of aromatic hydroxyl groups is 1. The van der Waals surface area contributed by atoms with Crippen molar-refractivity contribution in [3.8, 4) is 28.6 Å². The number of nitrogens with zero attached hydrogens (tertiary/aromatic N) is 4. The molecule has 2 bridgehead atoms. The van der Waals surface area contributed by atoms with E-state index in [9.17, 15) is 5.11 Å². The van der Waals surface area contributed by atoms with Crippen LogP contribution >= 0.6 is 0 Å². The fourth-order valence-corrected chi connectivity index (χ4v) is 4.54. The van der Waals surface area contributed by atoms with Crippen LogP contribution < -0.4 is 4.74 Å². The molecule has 3 atom stereocenters. The molecule has 2 aliphatic carbocycles. The van der Waals surface area contributed by atoms with Crippen molar-refractivity contribution < 1.29 is 9.84 Å². The fraction of sp³-hybridized carbons (Fsp3) is 0.381. The number of hydrogen-bond donors (Lipinski definition) is 1. The molecule has 1 aromatic carbocycles. The zero-order chi connectivity index (χ0) is 18.2. The lowest BCUT2D eigenvalue weighted by atomic mass is 9.87. The Morgan fingerprint density at radius 1 is 1.00 bits per heavy atom. The van der Waals surface area contributed by atoms with E-state index in [0.29, 0.717) is 17.1 Å². The molecule has 6 nitrogen and oxygen atoms in total. The summed E-state index contributed by atoms with van der Waals surface area (Å²) in [4.78, 5) is 0. The lowest BCUT2D eigenvalue weighted by Gasteiger charge is -2.27. The van der Waals surface area contributed by atoms with Crippen molar-refractivity contribution in [1.29, 1.82) is 0 Å². The molecule has 2 fully saturated rings. The van der Waals surface area contributed by atoms with E-state index in [1.54, 1.807) is 16.9 Å². The maximum Gasteiger partial charge on any atom is 0.233 e. The zero-order valence-electron chi connectivity index (χ0n) is 15.0. The summed E-state index contributed by atoms with van der Waals surface area (Å²) in [5.41, 5.74) is 2.05. The summed E-state index contributed by atoms with van der Waals surface area (Å²) in [6, 6.07) is 10.9. The van der Waals surface area contributed by atoms with Gasteiger partial charge in [0.05, 0.1) is 11.4 Å². The minimum atomic E-state index is 0.148. The molecular weight excluding hydrogens is 340 g/mol. The average molecular weight is 362 g/mol. The molecule has 0 aliphatic heterocycles. The highest BCUT2D eigenvalue weighted by molar-refractivity contribution is 5.68. The van der Waals surface area contributed by atoms with Gasteiger partial charge in [0.15, 0.2) is 0 Å². The highest BCUT2D eigenvalue weighted by Gasteiger charge is 2.35. The van der Waals surface area contributed by atoms with Crippen LogP contribution in [0, 0.1) is 11.8 Å². The van der Waals surface area contributed by atoms with Gasteiger partial charge in [-0.15, -0.1) is 10.2 Å². The standard InChI is InChI=1S/C21H22N4O2/c26-20-13-16(25-9-1-8-22-25)4-5-18(20)19-6-7-21(24-23-19)27-17-11-14-2-3-15(10-14)12-17/h1,4-9,13-15,17,26H,2-3,10-12H2/t14-,15?,17+/m0/s1. The largest absolute Gasteiger partial charge is 0.507 e. The lowest BCUT2D eigenvalue weighted by Crippen LogP contribution is -2.26. The monoisotopic (exact) mass is 362 g/mol. The topological polar surface area (TPSA) is 73.1 Å². The number of rotatable bonds is 4. The van der Waals surface area contributed by atoms with E-state index in [2.05, 4.69) is 15.3 Å². The predicted molar refractivity (Wildman–Crippen MR) is 101 cm³/mol. The molecule has 1 unspecified atom stereocenters. The SMILES string of the molecule is Oc1cc(-n2cccn2)ccc1-c1ccc(O[C@H]2CC3CC[C@@H](C3)C2)nn1. The van der Waals surface area contributed by atoms with Gasteiger partial charge >= 0.3 is 0 Å². The summed E-state index contributed by atoms with van der Waals surface area (Å²) < 4.78 is 7.78. The molecule has 2 saturated carbocycles. The fourth-order valence-electron chi connectivity index (χ4n) is 4.54. The quantitative estimate of drug-likeness (QED) is 0.760. The van der Waals surface area contributed by atoms with Crippen LogP contribution in [-0.4, -0.2) is 31.2 Å². The van der Waals surface area contributed by atoms with Crippen LogP contribution in [0.2, 0.25) is 0 Å². The second-order valence-corrected chi connectivity index (χ2v) is 7.67. The highest BCUT2D eigenvalue weighted by atomic mass is 16.5. The van der Waals surface area contributed by atoms with E-state index in [1.165, 1.54) is 19.3 Å². The van der Waals surface area contributed by atoms with Gasteiger partial charge in [-0.3, -0.25) is 0 Å². The molecule has 0 saturated heterocycles. The Labute approximate surface area is 157 Å². The van der Waals surface area contributed by atoms with Gasteiger partial charge in [-0.2, -0.15) is 5.10 Å². The van der Waals surface area contributed by atoms with Crippen LogP contribution in [-0.2, 0) is 0 Å². The molecule has 1 N–H and O–H groups in total. The van der Waals surface area contributed by atoms with Crippen LogP contribution in [0.15, 0.2) is 48.8 Å². The first-order valence-corrected chi connectivity index (χ1v) is 9.58. The van der Waals surface area contributed by atoms with Crippen LogP contribution in [0.25, 0.3) is 16.9 Å². The maximum atomic E-state index is 10.4. The zero-order valence-corrected chi connectivity index (χ0v) is 15.0. The number of phenolic OH excluding ortho intramolecular Hbond substituents is 1. The van der Waals surface area contributed by atoms with Gasteiger partial charge in [0, 0.05) is 30.1 Å². The minimum absolute atomic E-state index is 0.148. The number of fused-ring (bicyclic) bond motifs is 2. The van der Waals surface area contributed by atoms with Gasteiger partial charge in [-0.05, 0) is 55.4 Å². The number of aromatic nitrogens is 4. The van der Waals surface area contributed by atoms with Crippen molar-refractivity contribution in [2.24, 2.45) is 11.8 Å². The van der Waals surface area contributed by atoms with Crippen LogP contribution in [0.4, 0.5) is 0 Å². The van der Waals surface area contributed by atoms with Crippen molar-refractivity contribution in [1.82, 2.24) is 20.0 Å². The molecular formula is C21H22N4O2. The first-order chi connectivity index (χ1) is 13.2. The molecule has 2 heterocycles. The molecule has 138 valence electrons. The summed E-state index contributed by atoms with van der Waals surface area (Å²) in [7, 11) is 0. The second kappa shape index (κ2) is 6.68.